The van der Waals surface area contributed by atoms with Gasteiger partial charge in [-0.05, 0) is 17.2 Å². The number of ether oxygens (including phenoxy) is 1. The zero-order valence-corrected chi connectivity index (χ0v) is 13.2. The maximum atomic E-state index is 10.6. The molecule has 3 aromatic rings. The summed E-state index contributed by atoms with van der Waals surface area (Å²) in [7, 11) is 0. The van der Waals surface area contributed by atoms with E-state index in [0.717, 1.165) is 5.56 Å². The lowest BCUT2D eigenvalue weighted by Crippen LogP contribution is -2.12. The van der Waals surface area contributed by atoms with Crippen molar-refractivity contribution in [2.45, 2.75) is 18.8 Å². The Balaban J connectivity index is 1.78. The van der Waals surface area contributed by atoms with Crippen molar-refractivity contribution >= 4 is 0 Å². The van der Waals surface area contributed by atoms with Crippen molar-refractivity contribution in [3.63, 3.8) is 0 Å². The van der Waals surface area contributed by atoms with Gasteiger partial charge in [0.2, 0.25) is 0 Å². The number of benzene rings is 3. The number of hydrogen-bond donors (Lipinski definition) is 2. The number of aliphatic hydroxyl groups is 2. The maximum Gasteiger partial charge on any atom is 0.125 e. The molecule has 0 aromatic heterocycles. The Hall–Kier alpha value is -2.62. The molecular weight excluding hydrogens is 300 g/mol. The van der Waals surface area contributed by atoms with Crippen molar-refractivity contribution in [1.29, 1.82) is 0 Å². The highest BCUT2D eigenvalue weighted by molar-refractivity contribution is 5.37. The van der Waals surface area contributed by atoms with Gasteiger partial charge >= 0.3 is 0 Å². The van der Waals surface area contributed by atoms with E-state index in [0.29, 0.717) is 23.5 Å². The summed E-state index contributed by atoms with van der Waals surface area (Å²) in [5.74, 6) is 0.573. The molecule has 0 bridgehead atoms. The van der Waals surface area contributed by atoms with Crippen molar-refractivity contribution in [1.82, 2.24) is 0 Å². The van der Waals surface area contributed by atoms with Crippen molar-refractivity contribution in [2.75, 3.05) is 0 Å². The van der Waals surface area contributed by atoms with Gasteiger partial charge in [-0.15, -0.1) is 0 Å². The molecule has 2 N–H and O–H groups in total. The summed E-state index contributed by atoms with van der Waals surface area (Å²) in [5, 5.41) is 21.0. The number of hydrogen-bond acceptors (Lipinski definition) is 3. The van der Waals surface area contributed by atoms with Crippen LogP contribution in [0.25, 0.3) is 0 Å². The third kappa shape index (κ3) is 3.82. The molecular formula is C21H20O3. The van der Waals surface area contributed by atoms with Crippen LogP contribution in [0.4, 0.5) is 0 Å². The van der Waals surface area contributed by atoms with E-state index in [1.54, 1.807) is 24.3 Å². The average molecular weight is 320 g/mol. The van der Waals surface area contributed by atoms with Gasteiger partial charge in [-0.1, -0.05) is 78.9 Å². The highest BCUT2D eigenvalue weighted by Crippen LogP contribution is 2.34. The number of aliphatic hydroxyl groups excluding tert-OH is 2. The summed E-state index contributed by atoms with van der Waals surface area (Å²) >= 11 is 0. The highest BCUT2D eigenvalue weighted by atomic mass is 16.5. The van der Waals surface area contributed by atoms with Gasteiger partial charge < -0.3 is 14.9 Å². The molecule has 3 heteroatoms. The Kier molecular flexibility index (Phi) is 5.26. The van der Waals surface area contributed by atoms with E-state index < -0.39 is 12.2 Å². The molecule has 0 aliphatic rings. The van der Waals surface area contributed by atoms with Crippen LogP contribution in [0.1, 0.15) is 28.9 Å². The third-order valence-corrected chi connectivity index (χ3v) is 3.91. The molecule has 0 radical (unpaired) electrons. The van der Waals surface area contributed by atoms with E-state index in [9.17, 15) is 10.2 Å². The molecule has 2 unspecified atom stereocenters. The predicted octanol–water partition coefficient (Wildman–Crippen LogP) is 4.03. The van der Waals surface area contributed by atoms with E-state index in [2.05, 4.69) is 0 Å². The Bertz CT molecular complexity index is 756. The van der Waals surface area contributed by atoms with Gasteiger partial charge in [-0.2, -0.15) is 0 Å². The average Bonchev–Trinajstić information content (AvgIpc) is 2.67. The minimum absolute atomic E-state index is 0.409. The Labute approximate surface area is 141 Å². The smallest absolute Gasteiger partial charge is 0.125 e. The van der Waals surface area contributed by atoms with E-state index in [1.165, 1.54) is 0 Å². The van der Waals surface area contributed by atoms with Gasteiger partial charge in [-0.3, -0.25) is 0 Å². The molecule has 0 aliphatic heterocycles. The van der Waals surface area contributed by atoms with Crippen LogP contribution in [0.3, 0.4) is 0 Å². The van der Waals surface area contributed by atoms with Crippen molar-refractivity contribution in [3.05, 3.63) is 102 Å². The molecule has 3 aromatic carbocycles. The quantitative estimate of drug-likeness (QED) is 0.721. The Morgan fingerprint density at radius 1 is 0.667 bits per heavy atom. The monoisotopic (exact) mass is 320 g/mol. The maximum absolute atomic E-state index is 10.6. The normalized spacial score (nSPS) is 13.2. The van der Waals surface area contributed by atoms with Crippen LogP contribution in [-0.4, -0.2) is 10.2 Å². The lowest BCUT2D eigenvalue weighted by molar-refractivity contribution is 0.0154. The third-order valence-electron chi connectivity index (χ3n) is 3.91. The van der Waals surface area contributed by atoms with Crippen molar-refractivity contribution in [2.24, 2.45) is 0 Å². The largest absolute Gasteiger partial charge is 0.489 e. The van der Waals surface area contributed by atoms with Gasteiger partial charge in [0.25, 0.3) is 0 Å². The van der Waals surface area contributed by atoms with Crippen molar-refractivity contribution < 1.29 is 14.9 Å². The minimum Gasteiger partial charge on any atom is -0.489 e. The zero-order valence-electron chi connectivity index (χ0n) is 13.2. The molecule has 0 heterocycles. The van der Waals surface area contributed by atoms with Crippen LogP contribution in [0.5, 0.6) is 5.75 Å². The van der Waals surface area contributed by atoms with Gasteiger partial charge in [-0.25, -0.2) is 0 Å². The summed E-state index contributed by atoms with van der Waals surface area (Å²) in [6.45, 7) is 0.409. The minimum atomic E-state index is -1.06. The van der Waals surface area contributed by atoms with Crippen LogP contribution in [0, 0.1) is 0 Å². The lowest BCUT2D eigenvalue weighted by atomic mass is 9.98. The van der Waals surface area contributed by atoms with E-state index in [4.69, 9.17) is 4.74 Å². The summed E-state index contributed by atoms with van der Waals surface area (Å²) in [6.07, 6.45) is -2.06. The Morgan fingerprint density at radius 3 is 1.96 bits per heavy atom. The van der Waals surface area contributed by atoms with E-state index in [1.807, 2.05) is 60.7 Å². The lowest BCUT2D eigenvalue weighted by Gasteiger charge is -2.21. The molecule has 0 saturated heterocycles. The summed E-state index contributed by atoms with van der Waals surface area (Å²) < 4.78 is 5.86. The van der Waals surface area contributed by atoms with E-state index >= 15 is 0 Å². The first kappa shape index (κ1) is 16.2. The zero-order chi connectivity index (χ0) is 16.8. The fourth-order valence-corrected chi connectivity index (χ4v) is 2.59. The second-order valence-corrected chi connectivity index (χ2v) is 5.61. The van der Waals surface area contributed by atoms with Crippen LogP contribution >= 0.6 is 0 Å². The Morgan fingerprint density at radius 2 is 1.25 bits per heavy atom. The standard InChI is InChI=1S/C21H20O3/c22-20(17-11-5-2-6-12-17)21(23)18-13-7-8-14-19(18)24-15-16-9-3-1-4-10-16/h1-14,20-23H,15H2. The summed E-state index contributed by atoms with van der Waals surface area (Å²) in [6, 6.07) is 26.2. The highest BCUT2D eigenvalue weighted by Gasteiger charge is 2.23. The van der Waals surface area contributed by atoms with Crippen LogP contribution in [-0.2, 0) is 6.61 Å². The second kappa shape index (κ2) is 7.77. The summed E-state index contributed by atoms with van der Waals surface area (Å²) in [5.41, 5.74) is 2.29. The predicted molar refractivity (Wildman–Crippen MR) is 93.6 cm³/mol. The van der Waals surface area contributed by atoms with Gasteiger partial charge in [0, 0.05) is 5.56 Å². The van der Waals surface area contributed by atoms with Gasteiger partial charge in [0.05, 0.1) is 0 Å². The van der Waals surface area contributed by atoms with Crippen molar-refractivity contribution in [3.8, 4) is 5.75 Å². The van der Waals surface area contributed by atoms with Gasteiger partial charge in [0.15, 0.2) is 0 Å². The van der Waals surface area contributed by atoms with E-state index in [-0.39, 0.29) is 0 Å². The second-order valence-electron chi connectivity index (χ2n) is 5.61. The molecule has 122 valence electrons. The molecule has 0 amide bonds. The molecule has 2 atom stereocenters. The SMILES string of the molecule is OC(c1ccccc1)C(O)c1ccccc1OCc1ccccc1. The first-order chi connectivity index (χ1) is 11.8. The number of rotatable bonds is 6. The fraction of sp³-hybridized carbons (Fsp3) is 0.143. The molecule has 0 saturated carbocycles. The van der Waals surface area contributed by atoms with Crippen LogP contribution < -0.4 is 4.74 Å². The topological polar surface area (TPSA) is 49.7 Å². The number of para-hydroxylation sites is 1. The molecule has 0 aliphatic carbocycles. The molecule has 0 fully saturated rings. The molecule has 3 rings (SSSR count). The fourth-order valence-electron chi connectivity index (χ4n) is 2.59. The first-order valence-corrected chi connectivity index (χ1v) is 7.92. The molecule has 24 heavy (non-hydrogen) atoms. The van der Waals surface area contributed by atoms with Crippen LogP contribution in [0.15, 0.2) is 84.9 Å². The van der Waals surface area contributed by atoms with Crippen LogP contribution in [0.2, 0.25) is 0 Å². The summed E-state index contributed by atoms with van der Waals surface area (Å²) in [4.78, 5) is 0. The molecule has 3 nitrogen and oxygen atoms in total. The molecule has 0 spiro atoms. The van der Waals surface area contributed by atoms with Gasteiger partial charge in [0.1, 0.15) is 24.6 Å². The first-order valence-electron chi connectivity index (χ1n) is 7.92.